The van der Waals surface area contributed by atoms with Gasteiger partial charge < -0.3 is 4.90 Å². The standard InChI is InChI=1S/C10H11BrN2O/c11-10-8(3-1-5-12-10)7-13-6-2-4-9(13)14/h1,3,5H,2,4,6-7H2. The molecule has 0 aliphatic carbocycles. The van der Waals surface area contributed by atoms with Crippen molar-refractivity contribution in [3.8, 4) is 0 Å². The average Bonchev–Trinajstić information content (AvgIpc) is 2.56. The lowest BCUT2D eigenvalue weighted by molar-refractivity contribution is -0.128. The molecule has 1 saturated heterocycles. The van der Waals surface area contributed by atoms with Crippen LogP contribution in [0.1, 0.15) is 18.4 Å². The summed E-state index contributed by atoms with van der Waals surface area (Å²) < 4.78 is 0.833. The molecule has 14 heavy (non-hydrogen) atoms. The SMILES string of the molecule is O=C1CCCN1Cc1cccnc1Br. The Morgan fingerprint density at radius 3 is 3.07 bits per heavy atom. The summed E-state index contributed by atoms with van der Waals surface area (Å²) in [5, 5.41) is 0. The van der Waals surface area contributed by atoms with Gasteiger partial charge in [0.1, 0.15) is 4.60 Å². The molecule has 0 saturated carbocycles. The van der Waals surface area contributed by atoms with Crippen molar-refractivity contribution in [1.82, 2.24) is 9.88 Å². The Hall–Kier alpha value is -0.900. The van der Waals surface area contributed by atoms with Crippen LogP contribution in [0.4, 0.5) is 0 Å². The second kappa shape index (κ2) is 4.09. The lowest BCUT2D eigenvalue weighted by atomic mass is 10.3. The first-order valence-electron chi connectivity index (χ1n) is 4.64. The molecule has 74 valence electrons. The fraction of sp³-hybridized carbons (Fsp3) is 0.400. The van der Waals surface area contributed by atoms with Gasteiger partial charge >= 0.3 is 0 Å². The van der Waals surface area contributed by atoms with E-state index in [-0.39, 0.29) is 5.91 Å². The molecule has 1 amide bonds. The Morgan fingerprint density at radius 2 is 2.43 bits per heavy atom. The Balaban J connectivity index is 2.10. The van der Waals surface area contributed by atoms with E-state index < -0.39 is 0 Å². The van der Waals surface area contributed by atoms with E-state index in [1.807, 2.05) is 17.0 Å². The normalized spacial score (nSPS) is 16.4. The number of likely N-dealkylation sites (tertiary alicyclic amines) is 1. The van der Waals surface area contributed by atoms with Crippen LogP contribution in [-0.4, -0.2) is 22.3 Å². The van der Waals surface area contributed by atoms with Crippen molar-refractivity contribution in [3.05, 3.63) is 28.5 Å². The molecule has 0 atom stereocenters. The van der Waals surface area contributed by atoms with Crippen molar-refractivity contribution in [2.75, 3.05) is 6.54 Å². The Labute approximate surface area is 91.3 Å². The first-order chi connectivity index (χ1) is 6.77. The maximum atomic E-state index is 11.4. The molecular formula is C10H11BrN2O. The highest BCUT2D eigenvalue weighted by molar-refractivity contribution is 9.10. The fourth-order valence-corrected chi connectivity index (χ4v) is 1.99. The first kappa shape index (κ1) is 9.65. The van der Waals surface area contributed by atoms with Crippen LogP contribution in [0, 0.1) is 0 Å². The zero-order valence-electron chi connectivity index (χ0n) is 7.74. The highest BCUT2D eigenvalue weighted by atomic mass is 79.9. The maximum Gasteiger partial charge on any atom is 0.222 e. The number of amides is 1. The quantitative estimate of drug-likeness (QED) is 0.757. The second-order valence-electron chi connectivity index (χ2n) is 3.37. The number of halogens is 1. The number of carbonyl (C=O) groups excluding carboxylic acids is 1. The van der Waals surface area contributed by atoms with Crippen LogP contribution in [0.5, 0.6) is 0 Å². The molecule has 0 aromatic carbocycles. The first-order valence-corrected chi connectivity index (χ1v) is 5.44. The number of aromatic nitrogens is 1. The van der Waals surface area contributed by atoms with Crippen LogP contribution in [0.15, 0.2) is 22.9 Å². The third kappa shape index (κ3) is 1.95. The van der Waals surface area contributed by atoms with E-state index in [4.69, 9.17) is 0 Å². The van der Waals surface area contributed by atoms with Gasteiger partial charge in [0.05, 0.1) is 0 Å². The zero-order chi connectivity index (χ0) is 9.97. The molecular weight excluding hydrogens is 244 g/mol. The van der Waals surface area contributed by atoms with Gasteiger partial charge in [-0.15, -0.1) is 0 Å². The summed E-state index contributed by atoms with van der Waals surface area (Å²) in [7, 11) is 0. The number of hydrogen-bond acceptors (Lipinski definition) is 2. The van der Waals surface area contributed by atoms with Gasteiger partial charge in [0, 0.05) is 31.3 Å². The molecule has 0 N–H and O–H groups in total. The van der Waals surface area contributed by atoms with E-state index in [0.717, 1.165) is 23.1 Å². The van der Waals surface area contributed by atoms with Crippen molar-refractivity contribution in [3.63, 3.8) is 0 Å². The topological polar surface area (TPSA) is 33.2 Å². The number of pyridine rings is 1. The van der Waals surface area contributed by atoms with Gasteiger partial charge in [-0.1, -0.05) is 6.07 Å². The van der Waals surface area contributed by atoms with Crippen LogP contribution in [0.3, 0.4) is 0 Å². The fourth-order valence-electron chi connectivity index (χ4n) is 1.61. The van der Waals surface area contributed by atoms with Crippen molar-refractivity contribution in [2.24, 2.45) is 0 Å². The van der Waals surface area contributed by atoms with E-state index in [1.165, 1.54) is 0 Å². The monoisotopic (exact) mass is 254 g/mol. The predicted octanol–water partition coefficient (Wildman–Crippen LogP) is 1.97. The summed E-state index contributed by atoms with van der Waals surface area (Å²) in [4.78, 5) is 17.4. The number of nitrogens with zero attached hydrogens (tertiary/aromatic N) is 2. The molecule has 0 unspecified atom stereocenters. The summed E-state index contributed by atoms with van der Waals surface area (Å²) in [6, 6.07) is 3.88. The summed E-state index contributed by atoms with van der Waals surface area (Å²) in [5.74, 6) is 0.251. The third-order valence-electron chi connectivity index (χ3n) is 2.37. The van der Waals surface area contributed by atoms with Crippen LogP contribution in [0.2, 0.25) is 0 Å². The van der Waals surface area contributed by atoms with Crippen molar-refractivity contribution < 1.29 is 4.79 Å². The van der Waals surface area contributed by atoms with E-state index in [2.05, 4.69) is 20.9 Å². The van der Waals surface area contributed by atoms with Gasteiger partial charge in [-0.2, -0.15) is 0 Å². The molecule has 1 aromatic rings. The van der Waals surface area contributed by atoms with Gasteiger partial charge in [-0.3, -0.25) is 4.79 Å². The highest BCUT2D eigenvalue weighted by Gasteiger charge is 2.20. The second-order valence-corrected chi connectivity index (χ2v) is 4.12. The maximum absolute atomic E-state index is 11.4. The Bertz CT molecular complexity index is 354. The van der Waals surface area contributed by atoms with Crippen LogP contribution in [0.25, 0.3) is 0 Å². The van der Waals surface area contributed by atoms with Crippen LogP contribution in [-0.2, 0) is 11.3 Å². The Morgan fingerprint density at radius 1 is 1.57 bits per heavy atom. The molecule has 3 nitrogen and oxygen atoms in total. The van der Waals surface area contributed by atoms with E-state index in [1.54, 1.807) is 6.20 Å². The summed E-state index contributed by atoms with van der Waals surface area (Å²) in [5.41, 5.74) is 1.07. The molecule has 4 heteroatoms. The molecule has 1 aliphatic heterocycles. The average molecular weight is 255 g/mol. The van der Waals surface area contributed by atoms with Gasteiger partial charge in [-0.25, -0.2) is 4.98 Å². The lowest BCUT2D eigenvalue weighted by Crippen LogP contribution is -2.24. The summed E-state index contributed by atoms with van der Waals surface area (Å²) in [6.45, 7) is 1.55. The zero-order valence-corrected chi connectivity index (χ0v) is 9.33. The minimum absolute atomic E-state index is 0.251. The van der Waals surface area contributed by atoms with Crippen LogP contribution < -0.4 is 0 Å². The van der Waals surface area contributed by atoms with Crippen molar-refractivity contribution in [2.45, 2.75) is 19.4 Å². The predicted molar refractivity (Wildman–Crippen MR) is 56.6 cm³/mol. The lowest BCUT2D eigenvalue weighted by Gasteiger charge is -2.15. The van der Waals surface area contributed by atoms with Gasteiger partial charge in [0.15, 0.2) is 0 Å². The van der Waals surface area contributed by atoms with Gasteiger partial charge in [-0.05, 0) is 28.4 Å². The number of hydrogen-bond donors (Lipinski definition) is 0. The minimum Gasteiger partial charge on any atom is -0.338 e. The molecule has 0 bridgehead atoms. The summed E-state index contributed by atoms with van der Waals surface area (Å²) >= 11 is 3.37. The smallest absolute Gasteiger partial charge is 0.222 e. The number of rotatable bonds is 2. The minimum atomic E-state index is 0.251. The molecule has 1 aliphatic rings. The molecule has 2 rings (SSSR count). The molecule has 0 radical (unpaired) electrons. The molecule has 1 aromatic heterocycles. The van der Waals surface area contributed by atoms with E-state index in [9.17, 15) is 4.79 Å². The molecule has 1 fully saturated rings. The van der Waals surface area contributed by atoms with Gasteiger partial charge in [0.25, 0.3) is 0 Å². The van der Waals surface area contributed by atoms with Crippen molar-refractivity contribution in [1.29, 1.82) is 0 Å². The van der Waals surface area contributed by atoms with Crippen molar-refractivity contribution >= 4 is 21.8 Å². The highest BCUT2D eigenvalue weighted by Crippen LogP contribution is 2.18. The number of carbonyl (C=O) groups is 1. The third-order valence-corrected chi connectivity index (χ3v) is 3.08. The molecule has 0 spiro atoms. The summed E-state index contributed by atoms with van der Waals surface area (Å²) in [6.07, 6.45) is 3.41. The van der Waals surface area contributed by atoms with Gasteiger partial charge in [0.2, 0.25) is 5.91 Å². The van der Waals surface area contributed by atoms with E-state index >= 15 is 0 Å². The van der Waals surface area contributed by atoms with E-state index in [0.29, 0.717) is 13.0 Å². The molecule has 2 heterocycles. The largest absolute Gasteiger partial charge is 0.338 e. The van der Waals surface area contributed by atoms with Crippen LogP contribution >= 0.6 is 15.9 Å². The Kier molecular flexibility index (Phi) is 2.82.